The van der Waals surface area contributed by atoms with Gasteiger partial charge in [0, 0.05) is 25.4 Å². The van der Waals surface area contributed by atoms with Gasteiger partial charge < -0.3 is 18.3 Å². The quantitative estimate of drug-likeness (QED) is 0.179. The van der Waals surface area contributed by atoms with Crippen LogP contribution in [0.2, 0.25) is 12.1 Å². The molecule has 144 valence electrons. The third-order valence-electron chi connectivity index (χ3n) is 3.36. The molecule has 0 bridgehead atoms. The molecule has 0 atom stereocenters. The highest BCUT2D eigenvalue weighted by atomic mass is 28.4. The topological polar surface area (TPSA) is 71.1 Å². The Balaban J connectivity index is 4.64. The van der Waals surface area contributed by atoms with Gasteiger partial charge in [-0.3, -0.25) is 0 Å². The van der Waals surface area contributed by atoms with Crippen LogP contribution >= 0.6 is 0 Å². The summed E-state index contributed by atoms with van der Waals surface area (Å²) in [6, 6.07) is 1.46. The molecular weight excluding hydrogens is 340 g/mol. The summed E-state index contributed by atoms with van der Waals surface area (Å²) in [7, 11) is -2.44. The van der Waals surface area contributed by atoms with E-state index in [1.165, 1.54) is 0 Å². The third-order valence-corrected chi connectivity index (χ3v) is 7.06. The van der Waals surface area contributed by atoms with Crippen LogP contribution in [0.5, 0.6) is 0 Å². The maximum absolute atomic E-state index is 11.1. The zero-order chi connectivity index (χ0) is 19.0. The Morgan fingerprint density at radius 2 is 1.20 bits per heavy atom. The Kier molecular flexibility index (Phi) is 14.0. The van der Waals surface area contributed by atoms with Crippen LogP contribution in [0.25, 0.3) is 0 Å². The zero-order valence-corrected chi connectivity index (χ0v) is 16.6. The number of hydrogen-bond donors (Lipinski definition) is 0. The second-order valence-electron chi connectivity index (χ2n) is 5.56. The van der Waals surface area contributed by atoms with Crippen molar-refractivity contribution in [3.63, 3.8) is 0 Å². The lowest BCUT2D eigenvalue weighted by Gasteiger charge is -2.31. The van der Waals surface area contributed by atoms with E-state index >= 15 is 0 Å². The fourth-order valence-corrected chi connectivity index (χ4v) is 5.61. The van der Waals surface area contributed by atoms with Crippen molar-refractivity contribution in [1.82, 2.24) is 0 Å². The molecule has 0 saturated carbocycles. The molecular formula is C18H32O6Si. The first-order valence-electron chi connectivity index (χ1n) is 8.89. The number of carbonyl (C=O) groups excluding carboxylic acids is 2. The molecule has 0 N–H and O–H groups in total. The van der Waals surface area contributed by atoms with Crippen molar-refractivity contribution in [1.29, 1.82) is 0 Å². The van der Waals surface area contributed by atoms with E-state index in [0.717, 1.165) is 37.1 Å². The summed E-state index contributed by atoms with van der Waals surface area (Å²) in [6.07, 6.45) is 5.46. The van der Waals surface area contributed by atoms with Crippen LogP contribution in [-0.4, -0.2) is 46.9 Å². The number of esters is 2. The van der Waals surface area contributed by atoms with Crippen molar-refractivity contribution in [3.8, 4) is 0 Å². The number of carbonyl (C=O) groups is 2. The zero-order valence-electron chi connectivity index (χ0n) is 15.6. The summed E-state index contributed by atoms with van der Waals surface area (Å²) in [5.74, 6) is -0.847. The molecule has 0 fully saturated rings. The van der Waals surface area contributed by atoms with Crippen molar-refractivity contribution in [2.45, 2.75) is 51.6 Å². The average Bonchev–Trinajstić information content (AvgIpc) is 2.64. The van der Waals surface area contributed by atoms with E-state index in [2.05, 4.69) is 27.0 Å². The molecule has 0 aromatic heterocycles. The van der Waals surface area contributed by atoms with E-state index in [9.17, 15) is 9.59 Å². The van der Waals surface area contributed by atoms with E-state index in [1.54, 1.807) is 0 Å². The van der Waals surface area contributed by atoms with E-state index in [-0.39, 0.29) is 0 Å². The number of hydrogen-bond acceptors (Lipinski definition) is 6. The molecule has 0 heterocycles. The maximum atomic E-state index is 11.1. The standard InChI is InChI=1S/C18H32O6Si/c1-5-11-23-25(24-12-6-2,15-9-13-21-17(19)7-3)16-10-14-22-18(20)8-4/h7-8H,3-6,9-16H2,1-2H3. The molecule has 0 saturated heterocycles. The molecule has 25 heavy (non-hydrogen) atoms. The highest BCUT2D eigenvalue weighted by Crippen LogP contribution is 2.24. The lowest BCUT2D eigenvalue weighted by atomic mass is 10.5. The van der Waals surface area contributed by atoms with Crippen LogP contribution in [0, 0.1) is 0 Å². The van der Waals surface area contributed by atoms with Crippen LogP contribution in [0.15, 0.2) is 25.3 Å². The lowest BCUT2D eigenvalue weighted by molar-refractivity contribution is -0.138. The summed E-state index contributed by atoms with van der Waals surface area (Å²) >= 11 is 0. The molecule has 0 aliphatic rings. The predicted octanol–water partition coefficient (Wildman–Crippen LogP) is 3.52. The smallest absolute Gasteiger partial charge is 0.338 e. The Morgan fingerprint density at radius 1 is 0.800 bits per heavy atom. The van der Waals surface area contributed by atoms with Crippen molar-refractivity contribution in [2.75, 3.05) is 26.4 Å². The van der Waals surface area contributed by atoms with Gasteiger partial charge in [-0.1, -0.05) is 27.0 Å². The van der Waals surface area contributed by atoms with Crippen LogP contribution in [0.3, 0.4) is 0 Å². The molecule has 0 rings (SSSR count). The maximum Gasteiger partial charge on any atom is 0.338 e. The Hall–Kier alpha value is -1.44. The van der Waals surface area contributed by atoms with Crippen LogP contribution in [0.4, 0.5) is 0 Å². The highest BCUT2D eigenvalue weighted by Gasteiger charge is 2.36. The van der Waals surface area contributed by atoms with Crippen molar-refractivity contribution >= 4 is 20.5 Å². The monoisotopic (exact) mass is 372 g/mol. The van der Waals surface area contributed by atoms with Crippen LogP contribution in [0.1, 0.15) is 39.5 Å². The van der Waals surface area contributed by atoms with Crippen molar-refractivity contribution in [3.05, 3.63) is 25.3 Å². The molecule has 0 aromatic rings. The van der Waals surface area contributed by atoms with Gasteiger partial charge in [0.1, 0.15) is 0 Å². The predicted molar refractivity (Wildman–Crippen MR) is 99.4 cm³/mol. The molecule has 0 aliphatic heterocycles. The Bertz CT molecular complexity index is 372. The van der Waals surface area contributed by atoms with Gasteiger partial charge in [0.25, 0.3) is 0 Å². The van der Waals surface area contributed by atoms with Gasteiger partial charge in [0.05, 0.1) is 13.2 Å². The summed E-state index contributed by atoms with van der Waals surface area (Å²) in [6.45, 7) is 12.8. The van der Waals surface area contributed by atoms with E-state index < -0.39 is 20.5 Å². The fraction of sp³-hybridized carbons (Fsp3) is 0.667. The molecule has 0 unspecified atom stereocenters. The van der Waals surface area contributed by atoms with Crippen molar-refractivity contribution in [2.24, 2.45) is 0 Å². The SMILES string of the molecule is C=CC(=O)OCCC[Si](CCCOC(=O)C=C)(OCCC)OCCC. The molecule has 0 aliphatic carbocycles. The van der Waals surface area contributed by atoms with Gasteiger partial charge >= 0.3 is 20.5 Å². The Morgan fingerprint density at radius 3 is 1.52 bits per heavy atom. The van der Waals surface area contributed by atoms with E-state index in [1.807, 2.05) is 0 Å². The van der Waals surface area contributed by atoms with Gasteiger partial charge in [0.2, 0.25) is 0 Å². The summed E-state index contributed by atoms with van der Waals surface area (Å²) in [4.78, 5) is 22.3. The molecule has 0 radical (unpaired) electrons. The van der Waals surface area contributed by atoms with Gasteiger partial charge in [-0.25, -0.2) is 9.59 Å². The largest absolute Gasteiger partial charge is 0.463 e. The van der Waals surface area contributed by atoms with Crippen LogP contribution < -0.4 is 0 Å². The van der Waals surface area contributed by atoms with Crippen molar-refractivity contribution < 1.29 is 27.9 Å². The summed E-state index contributed by atoms with van der Waals surface area (Å²) < 4.78 is 22.4. The second kappa shape index (κ2) is 14.9. The molecule has 0 aromatic carbocycles. The first-order chi connectivity index (χ1) is 12.0. The average molecular weight is 373 g/mol. The van der Waals surface area contributed by atoms with Gasteiger partial charge in [0.15, 0.2) is 0 Å². The summed E-state index contributed by atoms with van der Waals surface area (Å²) in [5.41, 5.74) is 0. The minimum absolute atomic E-state index is 0.315. The fourth-order valence-electron chi connectivity index (χ4n) is 2.18. The van der Waals surface area contributed by atoms with E-state index in [4.69, 9.17) is 18.3 Å². The van der Waals surface area contributed by atoms with Gasteiger partial charge in [-0.2, -0.15) is 0 Å². The minimum atomic E-state index is -2.44. The lowest BCUT2D eigenvalue weighted by Crippen LogP contribution is -2.43. The normalized spacial score (nSPS) is 11.0. The molecule has 0 amide bonds. The first kappa shape index (κ1) is 23.6. The number of ether oxygens (including phenoxy) is 2. The third kappa shape index (κ3) is 11.7. The second-order valence-corrected chi connectivity index (χ2v) is 8.96. The van der Waals surface area contributed by atoms with E-state index in [0.29, 0.717) is 39.3 Å². The highest BCUT2D eigenvalue weighted by molar-refractivity contribution is 6.67. The minimum Gasteiger partial charge on any atom is -0.463 e. The summed E-state index contributed by atoms with van der Waals surface area (Å²) in [5, 5.41) is 0. The molecule has 7 heteroatoms. The molecule has 0 spiro atoms. The van der Waals surface area contributed by atoms with Gasteiger partial charge in [-0.15, -0.1) is 0 Å². The van der Waals surface area contributed by atoms with Gasteiger partial charge in [-0.05, 0) is 37.8 Å². The Labute approximate surface area is 152 Å². The molecule has 6 nitrogen and oxygen atoms in total. The van der Waals surface area contributed by atoms with Crippen LogP contribution in [-0.2, 0) is 27.9 Å². The first-order valence-corrected chi connectivity index (χ1v) is 11.1. The number of rotatable bonds is 16.